The predicted molar refractivity (Wildman–Crippen MR) is 92.8 cm³/mol. The Kier molecular flexibility index (Phi) is 4.33. The monoisotopic (exact) mass is 343 g/mol. The molecular formula is C19H18ClNO3. The molecule has 2 aromatic carbocycles. The number of aryl methyl sites for hydroxylation is 2. The fourth-order valence-corrected chi connectivity index (χ4v) is 3.34. The molecule has 1 aliphatic heterocycles. The van der Waals surface area contributed by atoms with Crippen molar-refractivity contribution in [2.75, 3.05) is 6.61 Å². The van der Waals surface area contributed by atoms with Gasteiger partial charge in [-0.05, 0) is 56.2 Å². The van der Waals surface area contributed by atoms with Gasteiger partial charge in [0, 0.05) is 5.02 Å². The van der Waals surface area contributed by atoms with E-state index >= 15 is 0 Å². The molecule has 1 heterocycles. The molecule has 0 radical (unpaired) electrons. The molecule has 0 saturated carbocycles. The first-order valence-corrected chi connectivity index (χ1v) is 8.14. The van der Waals surface area contributed by atoms with Crippen LogP contribution in [0.15, 0.2) is 36.4 Å². The van der Waals surface area contributed by atoms with E-state index in [2.05, 4.69) is 0 Å². The van der Waals surface area contributed by atoms with E-state index in [-0.39, 0.29) is 24.5 Å². The Morgan fingerprint density at radius 1 is 1.04 bits per heavy atom. The highest BCUT2D eigenvalue weighted by Gasteiger charge is 2.38. The van der Waals surface area contributed by atoms with Crippen LogP contribution in [0.4, 0.5) is 0 Å². The van der Waals surface area contributed by atoms with Crippen LogP contribution in [0.1, 0.15) is 38.8 Å². The molecule has 0 aromatic heterocycles. The number of carbonyl (C=O) groups is 2. The van der Waals surface area contributed by atoms with E-state index in [1.54, 1.807) is 24.3 Å². The van der Waals surface area contributed by atoms with Gasteiger partial charge in [-0.2, -0.15) is 0 Å². The first-order chi connectivity index (χ1) is 11.4. The number of fused-ring (bicyclic) bond motifs is 1. The summed E-state index contributed by atoms with van der Waals surface area (Å²) in [5.41, 5.74) is 2.76. The van der Waals surface area contributed by atoms with Crippen molar-refractivity contribution in [2.24, 2.45) is 0 Å². The second-order valence-electron chi connectivity index (χ2n) is 6.05. The van der Waals surface area contributed by atoms with Crippen molar-refractivity contribution in [1.82, 2.24) is 4.90 Å². The number of imide groups is 1. The van der Waals surface area contributed by atoms with Gasteiger partial charge in [0.1, 0.15) is 12.4 Å². The maximum absolute atomic E-state index is 12.5. The molecular weight excluding hydrogens is 326 g/mol. The molecule has 5 heteroatoms. The summed E-state index contributed by atoms with van der Waals surface area (Å²) < 4.78 is 5.89. The summed E-state index contributed by atoms with van der Waals surface area (Å²) in [5, 5.41) is 0.658. The van der Waals surface area contributed by atoms with E-state index in [4.69, 9.17) is 16.3 Å². The molecule has 124 valence electrons. The Morgan fingerprint density at radius 3 is 2.04 bits per heavy atom. The van der Waals surface area contributed by atoms with Crippen LogP contribution in [-0.2, 0) is 0 Å². The maximum atomic E-state index is 12.5. The third-order valence-electron chi connectivity index (χ3n) is 4.16. The van der Waals surface area contributed by atoms with Crippen LogP contribution in [0.3, 0.4) is 0 Å². The van der Waals surface area contributed by atoms with Gasteiger partial charge in [-0.15, -0.1) is 0 Å². The van der Waals surface area contributed by atoms with Crippen molar-refractivity contribution in [2.45, 2.75) is 26.8 Å². The maximum Gasteiger partial charge on any atom is 0.261 e. The molecule has 0 aliphatic carbocycles. The van der Waals surface area contributed by atoms with Crippen LogP contribution < -0.4 is 4.74 Å². The molecule has 1 unspecified atom stereocenters. The highest BCUT2D eigenvalue weighted by Crippen LogP contribution is 2.28. The number of rotatable bonds is 4. The van der Waals surface area contributed by atoms with E-state index in [9.17, 15) is 9.59 Å². The number of benzene rings is 2. The van der Waals surface area contributed by atoms with Crippen molar-refractivity contribution < 1.29 is 14.3 Å². The van der Waals surface area contributed by atoms with Crippen LogP contribution in [0, 0.1) is 13.8 Å². The molecule has 1 aliphatic rings. The lowest BCUT2D eigenvalue weighted by molar-refractivity contribution is 0.0550. The van der Waals surface area contributed by atoms with E-state index in [0.29, 0.717) is 16.1 Å². The highest BCUT2D eigenvalue weighted by atomic mass is 35.5. The molecule has 2 amide bonds. The first-order valence-electron chi connectivity index (χ1n) is 7.76. The van der Waals surface area contributed by atoms with Gasteiger partial charge in [0.25, 0.3) is 11.8 Å². The molecule has 0 spiro atoms. The summed E-state index contributed by atoms with van der Waals surface area (Å²) in [7, 11) is 0. The van der Waals surface area contributed by atoms with E-state index in [0.717, 1.165) is 16.9 Å². The number of nitrogens with zero attached hydrogens (tertiary/aromatic N) is 1. The van der Waals surface area contributed by atoms with Gasteiger partial charge in [0.05, 0.1) is 17.2 Å². The standard InChI is InChI=1S/C19H18ClNO3/c1-11-8-14(20)9-12(2)17(11)24-10-13(3)21-18(22)15-6-4-5-7-16(15)19(21)23/h4-9,13H,10H2,1-3H3. The lowest BCUT2D eigenvalue weighted by atomic mass is 10.1. The molecule has 0 saturated heterocycles. The van der Waals surface area contributed by atoms with Crippen LogP contribution in [-0.4, -0.2) is 29.4 Å². The van der Waals surface area contributed by atoms with Crippen LogP contribution in [0.2, 0.25) is 5.02 Å². The fourth-order valence-electron chi connectivity index (χ4n) is 3.01. The third-order valence-corrected chi connectivity index (χ3v) is 4.38. The van der Waals surface area contributed by atoms with Gasteiger partial charge < -0.3 is 4.74 Å². The Morgan fingerprint density at radius 2 is 1.54 bits per heavy atom. The van der Waals surface area contributed by atoms with Gasteiger partial charge in [-0.1, -0.05) is 23.7 Å². The van der Waals surface area contributed by atoms with Gasteiger partial charge in [-0.3, -0.25) is 14.5 Å². The quantitative estimate of drug-likeness (QED) is 0.788. The minimum Gasteiger partial charge on any atom is -0.491 e. The zero-order valence-corrected chi connectivity index (χ0v) is 14.6. The van der Waals surface area contributed by atoms with Gasteiger partial charge in [0.2, 0.25) is 0 Å². The lowest BCUT2D eigenvalue weighted by Crippen LogP contribution is -2.41. The number of halogens is 1. The average Bonchev–Trinajstić information content (AvgIpc) is 2.78. The average molecular weight is 344 g/mol. The summed E-state index contributed by atoms with van der Waals surface area (Å²) in [6.07, 6.45) is 0. The van der Waals surface area contributed by atoms with E-state index in [1.165, 1.54) is 4.90 Å². The SMILES string of the molecule is Cc1cc(Cl)cc(C)c1OCC(C)N1C(=O)c2ccccc2C1=O. The number of hydrogen-bond acceptors (Lipinski definition) is 3. The molecule has 3 rings (SSSR count). The number of carbonyl (C=O) groups excluding carboxylic acids is 2. The zero-order chi connectivity index (χ0) is 17.4. The largest absolute Gasteiger partial charge is 0.491 e. The van der Waals surface area contributed by atoms with Crippen molar-refractivity contribution in [3.63, 3.8) is 0 Å². The summed E-state index contributed by atoms with van der Waals surface area (Å²) in [5.74, 6) is 0.204. The first kappa shape index (κ1) is 16.5. The van der Waals surface area contributed by atoms with Crippen molar-refractivity contribution in [1.29, 1.82) is 0 Å². The van der Waals surface area contributed by atoms with Gasteiger partial charge >= 0.3 is 0 Å². The normalized spacial score (nSPS) is 14.8. The summed E-state index contributed by atoms with van der Waals surface area (Å²) >= 11 is 6.03. The molecule has 2 aromatic rings. The van der Waals surface area contributed by atoms with E-state index < -0.39 is 0 Å². The van der Waals surface area contributed by atoms with Gasteiger partial charge in [0.15, 0.2) is 0 Å². The molecule has 0 bridgehead atoms. The van der Waals surface area contributed by atoms with Crippen molar-refractivity contribution in [3.05, 3.63) is 63.7 Å². The minimum absolute atomic E-state index is 0.231. The molecule has 0 N–H and O–H groups in total. The third kappa shape index (κ3) is 2.78. The summed E-state index contributed by atoms with van der Waals surface area (Å²) in [4.78, 5) is 26.2. The fraction of sp³-hybridized carbons (Fsp3) is 0.263. The van der Waals surface area contributed by atoms with Crippen LogP contribution in [0.5, 0.6) is 5.75 Å². The topological polar surface area (TPSA) is 46.6 Å². The van der Waals surface area contributed by atoms with Gasteiger partial charge in [-0.25, -0.2) is 0 Å². The second kappa shape index (κ2) is 6.29. The smallest absolute Gasteiger partial charge is 0.261 e. The van der Waals surface area contributed by atoms with E-state index in [1.807, 2.05) is 32.9 Å². The minimum atomic E-state index is -0.369. The van der Waals surface area contributed by atoms with Crippen LogP contribution >= 0.6 is 11.6 Å². The molecule has 0 fully saturated rings. The Hall–Kier alpha value is -2.33. The Labute approximate surface area is 146 Å². The molecule has 24 heavy (non-hydrogen) atoms. The highest BCUT2D eigenvalue weighted by molar-refractivity contribution is 6.30. The second-order valence-corrected chi connectivity index (χ2v) is 6.49. The predicted octanol–water partition coefficient (Wildman–Crippen LogP) is 4.02. The number of amides is 2. The Bertz CT molecular complexity index is 773. The summed E-state index contributed by atoms with van der Waals surface area (Å²) in [6, 6.07) is 10.2. The Balaban J connectivity index is 1.76. The number of ether oxygens (including phenoxy) is 1. The zero-order valence-electron chi connectivity index (χ0n) is 13.8. The molecule has 1 atom stereocenters. The van der Waals surface area contributed by atoms with Crippen molar-refractivity contribution in [3.8, 4) is 5.75 Å². The number of hydrogen-bond donors (Lipinski definition) is 0. The van der Waals surface area contributed by atoms with Crippen LogP contribution in [0.25, 0.3) is 0 Å². The lowest BCUT2D eigenvalue weighted by Gasteiger charge is -2.23. The molecule has 4 nitrogen and oxygen atoms in total. The van der Waals surface area contributed by atoms with Crippen molar-refractivity contribution >= 4 is 23.4 Å². The summed E-state index contributed by atoms with van der Waals surface area (Å²) in [6.45, 7) is 5.87.